The van der Waals surface area contributed by atoms with Crippen molar-refractivity contribution in [1.29, 1.82) is 10.7 Å². The van der Waals surface area contributed by atoms with Gasteiger partial charge in [-0.05, 0) is 25.0 Å². The number of aliphatic hydroxyl groups excluding tert-OH is 1. The molecule has 1 aromatic heterocycles. The Morgan fingerprint density at radius 2 is 2.04 bits per heavy atom. The average Bonchev–Trinajstić information content (AvgIpc) is 3.15. The standard InChI is InChI=1S/C19H20N4OS/c1-11(2)9-23-12(3)17(24)16(18(23)21)19-22-15(10-25-19)14-6-4-13(8-20)5-7-14/h4-7,10-12,21,24H,9H2,1-3H3. The number of thiazole rings is 1. The van der Waals surface area contributed by atoms with Gasteiger partial charge < -0.3 is 10.0 Å². The van der Waals surface area contributed by atoms with Crippen molar-refractivity contribution in [3.05, 3.63) is 46.0 Å². The van der Waals surface area contributed by atoms with Gasteiger partial charge in [-0.25, -0.2) is 4.98 Å². The normalized spacial score (nSPS) is 17.5. The number of nitriles is 1. The summed E-state index contributed by atoms with van der Waals surface area (Å²) in [7, 11) is 0. The van der Waals surface area contributed by atoms with Crippen LogP contribution in [0.3, 0.4) is 0 Å². The molecular weight excluding hydrogens is 332 g/mol. The van der Waals surface area contributed by atoms with E-state index < -0.39 is 0 Å². The van der Waals surface area contributed by atoms with Crippen molar-refractivity contribution in [3.8, 4) is 17.3 Å². The van der Waals surface area contributed by atoms with Gasteiger partial charge in [0.15, 0.2) is 0 Å². The van der Waals surface area contributed by atoms with Gasteiger partial charge in [-0.3, -0.25) is 5.41 Å². The van der Waals surface area contributed by atoms with Crippen LogP contribution >= 0.6 is 11.3 Å². The lowest BCUT2D eigenvalue weighted by Gasteiger charge is -2.25. The lowest BCUT2D eigenvalue weighted by molar-refractivity contribution is 0.267. The molecule has 0 saturated carbocycles. The summed E-state index contributed by atoms with van der Waals surface area (Å²) in [6.07, 6.45) is 0. The molecule has 1 atom stereocenters. The van der Waals surface area contributed by atoms with Crippen LogP contribution in [0.1, 0.15) is 31.3 Å². The summed E-state index contributed by atoms with van der Waals surface area (Å²) in [5.41, 5.74) is 2.83. The topological polar surface area (TPSA) is 84.0 Å². The number of amidine groups is 1. The highest BCUT2D eigenvalue weighted by molar-refractivity contribution is 7.11. The first kappa shape index (κ1) is 17.2. The predicted molar refractivity (Wildman–Crippen MR) is 101 cm³/mol. The van der Waals surface area contributed by atoms with Crippen LogP contribution in [0.5, 0.6) is 0 Å². The van der Waals surface area contributed by atoms with Crippen LogP contribution in [0.25, 0.3) is 16.8 Å². The maximum absolute atomic E-state index is 10.5. The monoisotopic (exact) mass is 352 g/mol. The molecule has 0 radical (unpaired) electrons. The quantitative estimate of drug-likeness (QED) is 0.860. The SMILES string of the molecule is CC(C)CN1C(=N)C(c2nc(-c3ccc(C#N)cc3)cs2)=C(O)C1C. The van der Waals surface area contributed by atoms with E-state index in [9.17, 15) is 5.11 Å². The van der Waals surface area contributed by atoms with Crippen LogP contribution in [0.4, 0.5) is 0 Å². The molecule has 2 aromatic rings. The van der Waals surface area contributed by atoms with Crippen LogP contribution in [-0.4, -0.2) is 33.4 Å². The number of aliphatic hydroxyl groups is 1. The Labute approximate surface area is 151 Å². The first-order chi connectivity index (χ1) is 11.9. The minimum absolute atomic E-state index is 0.202. The largest absolute Gasteiger partial charge is 0.509 e. The summed E-state index contributed by atoms with van der Waals surface area (Å²) in [5.74, 6) is 0.950. The van der Waals surface area contributed by atoms with Crippen molar-refractivity contribution < 1.29 is 5.11 Å². The van der Waals surface area contributed by atoms with E-state index in [2.05, 4.69) is 24.9 Å². The molecule has 0 amide bonds. The second kappa shape index (κ2) is 6.69. The second-order valence-electron chi connectivity index (χ2n) is 6.56. The number of nitrogens with one attached hydrogen (secondary N) is 1. The maximum atomic E-state index is 10.5. The van der Waals surface area contributed by atoms with E-state index in [1.54, 1.807) is 12.1 Å². The van der Waals surface area contributed by atoms with Crippen molar-refractivity contribution in [2.75, 3.05) is 6.54 Å². The summed E-state index contributed by atoms with van der Waals surface area (Å²) in [4.78, 5) is 6.53. The highest BCUT2D eigenvalue weighted by atomic mass is 32.1. The van der Waals surface area contributed by atoms with E-state index in [-0.39, 0.29) is 11.8 Å². The van der Waals surface area contributed by atoms with Gasteiger partial charge in [0, 0.05) is 17.5 Å². The van der Waals surface area contributed by atoms with Crippen molar-refractivity contribution in [1.82, 2.24) is 9.88 Å². The molecule has 0 fully saturated rings. The highest BCUT2D eigenvalue weighted by Crippen LogP contribution is 2.35. The number of hydrogen-bond acceptors (Lipinski definition) is 5. The zero-order valence-electron chi connectivity index (χ0n) is 14.4. The fourth-order valence-electron chi connectivity index (χ4n) is 2.91. The first-order valence-electron chi connectivity index (χ1n) is 8.17. The second-order valence-corrected chi connectivity index (χ2v) is 7.42. The Morgan fingerprint density at radius 1 is 1.36 bits per heavy atom. The van der Waals surface area contributed by atoms with E-state index in [1.807, 2.05) is 29.3 Å². The number of nitrogens with zero attached hydrogens (tertiary/aromatic N) is 3. The maximum Gasteiger partial charge on any atom is 0.135 e. The molecular formula is C19H20N4OS. The third-order valence-electron chi connectivity index (χ3n) is 4.23. The summed E-state index contributed by atoms with van der Waals surface area (Å²) < 4.78 is 0. The molecule has 128 valence electrons. The Morgan fingerprint density at radius 3 is 2.64 bits per heavy atom. The van der Waals surface area contributed by atoms with Crippen molar-refractivity contribution in [2.24, 2.45) is 5.92 Å². The van der Waals surface area contributed by atoms with Gasteiger partial charge in [0.2, 0.25) is 0 Å². The highest BCUT2D eigenvalue weighted by Gasteiger charge is 2.36. The Hall–Kier alpha value is -2.65. The van der Waals surface area contributed by atoms with Crippen molar-refractivity contribution >= 4 is 22.7 Å². The van der Waals surface area contributed by atoms with E-state index >= 15 is 0 Å². The van der Waals surface area contributed by atoms with Crippen LogP contribution in [0.15, 0.2) is 35.4 Å². The van der Waals surface area contributed by atoms with Gasteiger partial charge in [0.25, 0.3) is 0 Å². The zero-order valence-corrected chi connectivity index (χ0v) is 15.3. The van der Waals surface area contributed by atoms with Crippen LogP contribution in [-0.2, 0) is 0 Å². The number of hydrogen-bond donors (Lipinski definition) is 2. The molecule has 1 aromatic carbocycles. The van der Waals surface area contributed by atoms with E-state index in [4.69, 9.17) is 10.7 Å². The number of aromatic nitrogens is 1. The molecule has 0 aliphatic carbocycles. The smallest absolute Gasteiger partial charge is 0.135 e. The first-order valence-corrected chi connectivity index (χ1v) is 9.05. The van der Waals surface area contributed by atoms with E-state index in [0.717, 1.165) is 17.8 Å². The van der Waals surface area contributed by atoms with Gasteiger partial charge in [0.05, 0.1) is 28.9 Å². The molecule has 0 bridgehead atoms. The molecule has 3 rings (SSSR count). The Balaban J connectivity index is 1.91. The number of benzene rings is 1. The zero-order chi connectivity index (χ0) is 18.1. The molecule has 1 aliphatic heterocycles. The lowest BCUT2D eigenvalue weighted by atomic mass is 10.1. The summed E-state index contributed by atoms with van der Waals surface area (Å²) in [5, 5.41) is 30.5. The summed E-state index contributed by atoms with van der Waals surface area (Å²) in [6, 6.07) is 9.14. The van der Waals surface area contributed by atoms with Crippen molar-refractivity contribution in [3.63, 3.8) is 0 Å². The fourth-order valence-corrected chi connectivity index (χ4v) is 3.79. The molecule has 2 N–H and O–H groups in total. The van der Waals surface area contributed by atoms with Crippen molar-refractivity contribution in [2.45, 2.75) is 26.8 Å². The van der Waals surface area contributed by atoms with Gasteiger partial charge in [-0.15, -0.1) is 11.3 Å². The molecule has 1 unspecified atom stereocenters. The summed E-state index contributed by atoms with van der Waals surface area (Å²) >= 11 is 1.42. The Bertz CT molecular complexity index is 874. The molecule has 6 heteroatoms. The van der Waals surface area contributed by atoms with Crippen LogP contribution in [0.2, 0.25) is 0 Å². The van der Waals surface area contributed by atoms with Crippen LogP contribution in [0, 0.1) is 22.7 Å². The Kier molecular flexibility index (Phi) is 4.60. The third kappa shape index (κ3) is 3.15. The van der Waals surface area contributed by atoms with Gasteiger partial charge in [-0.2, -0.15) is 5.26 Å². The average molecular weight is 352 g/mol. The van der Waals surface area contributed by atoms with Gasteiger partial charge in [-0.1, -0.05) is 26.0 Å². The number of rotatable bonds is 4. The minimum Gasteiger partial charge on any atom is -0.509 e. The summed E-state index contributed by atoms with van der Waals surface area (Å²) in [6.45, 7) is 6.83. The van der Waals surface area contributed by atoms with Gasteiger partial charge in [0.1, 0.15) is 16.6 Å². The molecule has 2 heterocycles. The molecule has 5 nitrogen and oxygen atoms in total. The molecule has 25 heavy (non-hydrogen) atoms. The minimum atomic E-state index is -0.202. The van der Waals surface area contributed by atoms with Gasteiger partial charge >= 0.3 is 0 Å². The van der Waals surface area contributed by atoms with Crippen LogP contribution < -0.4 is 0 Å². The van der Waals surface area contributed by atoms with E-state index in [1.165, 1.54) is 11.3 Å². The molecule has 1 aliphatic rings. The molecule has 0 saturated heterocycles. The van der Waals surface area contributed by atoms with E-state index in [0.29, 0.717) is 27.9 Å². The molecule has 0 spiro atoms. The predicted octanol–water partition coefficient (Wildman–Crippen LogP) is 4.29. The lowest BCUT2D eigenvalue weighted by Crippen LogP contribution is -2.36. The third-order valence-corrected chi connectivity index (χ3v) is 5.09. The fraction of sp³-hybridized carbons (Fsp3) is 0.316.